The van der Waals surface area contributed by atoms with E-state index in [1.165, 1.54) is 0 Å². The van der Waals surface area contributed by atoms with Gasteiger partial charge in [0.15, 0.2) is 0 Å². The van der Waals surface area contributed by atoms with E-state index in [4.69, 9.17) is 11.6 Å². The number of nitrogens with one attached hydrogen (secondary N) is 2. The molecule has 0 radical (unpaired) electrons. The number of anilines is 1. The zero-order valence-electron chi connectivity index (χ0n) is 11.1. The summed E-state index contributed by atoms with van der Waals surface area (Å²) in [5.74, 6) is 0. The van der Waals surface area contributed by atoms with E-state index in [-0.39, 0.29) is 0 Å². The average Bonchev–Trinajstić information content (AvgIpc) is 2.98. The van der Waals surface area contributed by atoms with Crippen LogP contribution in [0.15, 0.2) is 59.2 Å². The summed E-state index contributed by atoms with van der Waals surface area (Å²) in [6.07, 6.45) is 1.84. The third-order valence-corrected chi connectivity index (χ3v) is 4.42. The number of aromatic amines is 1. The second-order valence-electron chi connectivity index (χ2n) is 4.62. The molecule has 0 unspecified atom stereocenters. The topological polar surface area (TPSA) is 40.7 Å². The molecule has 5 heteroatoms. The largest absolute Gasteiger partial charge is 0.381 e. The van der Waals surface area contributed by atoms with Crippen molar-refractivity contribution in [3.8, 4) is 11.3 Å². The smallest absolute Gasteiger partial charge is 0.0700 e. The highest BCUT2D eigenvalue weighted by molar-refractivity contribution is 9.10. The molecule has 3 rings (SSSR count). The van der Waals surface area contributed by atoms with Crippen LogP contribution in [0.2, 0.25) is 5.02 Å². The summed E-state index contributed by atoms with van der Waals surface area (Å²) < 4.78 is 0.892. The molecular weight excluding hydrogens is 350 g/mol. The van der Waals surface area contributed by atoms with Crippen molar-refractivity contribution >= 4 is 33.2 Å². The number of nitrogens with zero attached hydrogens (tertiary/aromatic N) is 1. The first-order valence-electron chi connectivity index (χ1n) is 6.50. The summed E-state index contributed by atoms with van der Waals surface area (Å²) in [5.41, 5.74) is 4.25. The van der Waals surface area contributed by atoms with Gasteiger partial charge in [-0.3, -0.25) is 5.10 Å². The van der Waals surface area contributed by atoms with Crippen molar-refractivity contribution in [3.05, 3.63) is 69.8 Å². The molecule has 106 valence electrons. The molecule has 21 heavy (non-hydrogen) atoms. The first-order chi connectivity index (χ1) is 10.2. The lowest BCUT2D eigenvalue weighted by Crippen LogP contribution is -1.99. The monoisotopic (exact) mass is 361 g/mol. The van der Waals surface area contributed by atoms with E-state index < -0.39 is 0 Å². The number of hydrogen-bond acceptors (Lipinski definition) is 2. The number of halogens is 2. The van der Waals surface area contributed by atoms with Crippen LogP contribution in [-0.4, -0.2) is 10.2 Å². The van der Waals surface area contributed by atoms with Crippen molar-refractivity contribution in [2.24, 2.45) is 0 Å². The van der Waals surface area contributed by atoms with Gasteiger partial charge >= 0.3 is 0 Å². The fourth-order valence-electron chi connectivity index (χ4n) is 2.10. The second kappa shape index (κ2) is 6.33. The van der Waals surface area contributed by atoms with E-state index in [0.29, 0.717) is 11.6 Å². The van der Waals surface area contributed by atoms with Gasteiger partial charge in [-0.1, -0.05) is 41.9 Å². The lowest BCUT2D eigenvalue weighted by atomic mass is 10.1. The maximum atomic E-state index is 6.10. The quantitative estimate of drug-likeness (QED) is 0.677. The maximum Gasteiger partial charge on any atom is 0.0700 e. The molecular formula is C16H13BrClN3. The minimum atomic E-state index is 0.679. The van der Waals surface area contributed by atoms with Gasteiger partial charge in [0.2, 0.25) is 0 Å². The molecule has 3 nitrogen and oxygen atoms in total. The van der Waals surface area contributed by atoms with Gasteiger partial charge in [-0.25, -0.2) is 0 Å². The zero-order chi connectivity index (χ0) is 14.7. The summed E-state index contributed by atoms with van der Waals surface area (Å²) in [5, 5.41) is 11.2. The number of aromatic nitrogens is 2. The first kappa shape index (κ1) is 14.2. The molecule has 0 aliphatic heterocycles. The third kappa shape index (κ3) is 3.28. The predicted molar refractivity (Wildman–Crippen MR) is 90.5 cm³/mol. The van der Waals surface area contributed by atoms with E-state index >= 15 is 0 Å². The van der Waals surface area contributed by atoms with Crippen LogP contribution < -0.4 is 5.32 Å². The number of hydrogen-bond donors (Lipinski definition) is 2. The Labute approximate surface area is 136 Å². The van der Waals surface area contributed by atoms with Crippen molar-refractivity contribution < 1.29 is 0 Å². The van der Waals surface area contributed by atoms with Crippen LogP contribution in [0.3, 0.4) is 0 Å². The number of benzene rings is 2. The molecule has 0 bridgehead atoms. The molecule has 1 heterocycles. The van der Waals surface area contributed by atoms with Gasteiger partial charge in [-0.2, -0.15) is 5.10 Å². The maximum absolute atomic E-state index is 6.10. The summed E-state index contributed by atoms with van der Waals surface area (Å²) in [7, 11) is 0. The van der Waals surface area contributed by atoms with Crippen molar-refractivity contribution in [1.29, 1.82) is 0 Å². The number of rotatable bonds is 4. The molecule has 2 aromatic carbocycles. The Kier molecular flexibility index (Phi) is 4.27. The van der Waals surface area contributed by atoms with Crippen molar-refractivity contribution in [3.63, 3.8) is 0 Å². The molecule has 0 fully saturated rings. The van der Waals surface area contributed by atoms with Crippen LogP contribution in [0.1, 0.15) is 5.56 Å². The van der Waals surface area contributed by atoms with E-state index in [9.17, 15) is 0 Å². The zero-order valence-corrected chi connectivity index (χ0v) is 13.4. The molecule has 3 aromatic rings. The van der Waals surface area contributed by atoms with E-state index in [0.717, 1.165) is 27.0 Å². The Bertz CT molecular complexity index is 740. The highest BCUT2D eigenvalue weighted by atomic mass is 79.9. The lowest BCUT2D eigenvalue weighted by molar-refractivity contribution is 1.10. The van der Waals surface area contributed by atoms with Crippen LogP contribution in [0.25, 0.3) is 11.3 Å². The van der Waals surface area contributed by atoms with Crippen LogP contribution in [0.4, 0.5) is 5.69 Å². The van der Waals surface area contributed by atoms with Crippen molar-refractivity contribution in [2.75, 3.05) is 5.32 Å². The predicted octanol–water partition coefficient (Wildman–Crippen LogP) is 5.10. The summed E-state index contributed by atoms with van der Waals surface area (Å²) in [4.78, 5) is 0. The lowest BCUT2D eigenvalue weighted by Gasteiger charge is -2.08. The van der Waals surface area contributed by atoms with Crippen molar-refractivity contribution in [2.45, 2.75) is 6.54 Å². The van der Waals surface area contributed by atoms with Crippen LogP contribution in [-0.2, 0) is 6.54 Å². The Balaban J connectivity index is 1.77. The van der Waals surface area contributed by atoms with Gasteiger partial charge in [0.25, 0.3) is 0 Å². The molecule has 0 saturated heterocycles. The number of H-pyrrole nitrogens is 1. The summed E-state index contributed by atoms with van der Waals surface area (Å²) in [6.45, 7) is 0.679. The van der Waals surface area contributed by atoms with Gasteiger partial charge < -0.3 is 5.32 Å². The van der Waals surface area contributed by atoms with Gasteiger partial charge in [-0.15, -0.1) is 0 Å². The third-order valence-electron chi connectivity index (χ3n) is 3.18. The van der Waals surface area contributed by atoms with Crippen LogP contribution in [0, 0.1) is 0 Å². The molecule has 0 amide bonds. The highest BCUT2D eigenvalue weighted by Crippen LogP contribution is 2.26. The fourth-order valence-corrected chi connectivity index (χ4v) is 2.53. The minimum absolute atomic E-state index is 0.679. The summed E-state index contributed by atoms with van der Waals surface area (Å²) >= 11 is 9.48. The molecule has 0 atom stereocenters. The SMILES string of the molecule is Clc1cc(NCc2cn[nH]c2-c2ccccc2)ccc1Br. The van der Waals surface area contributed by atoms with Crippen molar-refractivity contribution in [1.82, 2.24) is 10.2 Å². The average molecular weight is 363 g/mol. The molecule has 0 saturated carbocycles. The van der Waals surface area contributed by atoms with Gasteiger partial charge in [0.1, 0.15) is 0 Å². The van der Waals surface area contributed by atoms with E-state index in [1.807, 2.05) is 42.6 Å². The Morgan fingerprint density at radius 2 is 1.95 bits per heavy atom. The van der Waals surface area contributed by atoms with Gasteiger partial charge in [-0.05, 0) is 39.7 Å². The summed E-state index contributed by atoms with van der Waals surface area (Å²) in [6, 6.07) is 16.0. The Morgan fingerprint density at radius 3 is 2.71 bits per heavy atom. The second-order valence-corrected chi connectivity index (χ2v) is 5.88. The molecule has 0 aliphatic carbocycles. The van der Waals surface area contributed by atoms with E-state index in [1.54, 1.807) is 0 Å². The molecule has 0 spiro atoms. The van der Waals surface area contributed by atoms with Crippen LogP contribution >= 0.6 is 27.5 Å². The Morgan fingerprint density at radius 1 is 1.14 bits per heavy atom. The standard InChI is InChI=1S/C16H13BrClN3/c17-14-7-6-13(8-15(14)18)19-9-12-10-20-21-16(12)11-4-2-1-3-5-11/h1-8,10,19H,9H2,(H,20,21). The van der Waals surface area contributed by atoms with Crippen LogP contribution in [0.5, 0.6) is 0 Å². The van der Waals surface area contributed by atoms with E-state index in [2.05, 4.69) is 43.6 Å². The molecule has 2 N–H and O–H groups in total. The van der Waals surface area contributed by atoms with Gasteiger partial charge in [0.05, 0.1) is 16.9 Å². The fraction of sp³-hybridized carbons (Fsp3) is 0.0625. The highest BCUT2D eigenvalue weighted by Gasteiger charge is 2.07. The first-order valence-corrected chi connectivity index (χ1v) is 7.68. The normalized spacial score (nSPS) is 10.6. The molecule has 1 aromatic heterocycles. The molecule has 0 aliphatic rings. The Hall–Kier alpha value is -1.78. The van der Waals surface area contributed by atoms with Gasteiger partial charge in [0, 0.05) is 22.3 Å². The minimum Gasteiger partial charge on any atom is -0.381 e.